The van der Waals surface area contributed by atoms with Crippen LogP contribution < -0.4 is 10.9 Å². The van der Waals surface area contributed by atoms with Gasteiger partial charge >= 0.3 is 0 Å². The Labute approximate surface area is 185 Å². The monoisotopic (exact) mass is 406 g/mol. The minimum absolute atomic E-state index is 0.133. The summed E-state index contributed by atoms with van der Waals surface area (Å²) in [5.74, 6) is 0. The van der Waals surface area contributed by atoms with E-state index in [4.69, 9.17) is 0 Å². The van der Waals surface area contributed by atoms with Crippen LogP contribution in [0.4, 0.5) is 5.69 Å². The molecule has 0 aliphatic rings. The van der Waals surface area contributed by atoms with Gasteiger partial charge in [0.05, 0.1) is 0 Å². The molecule has 0 atom stereocenters. The second-order valence-electron chi connectivity index (χ2n) is 8.93. The summed E-state index contributed by atoms with van der Waals surface area (Å²) in [6, 6.07) is 40.5. The van der Waals surface area contributed by atoms with E-state index in [1.807, 2.05) is 0 Å². The van der Waals surface area contributed by atoms with E-state index in [-0.39, 0.29) is 5.41 Å². The van der Waals surface area contributed by atoms with E-state index >= 15 is 0 Å². The van der Waals surface area contributed by atoms with Crippen molar-refractivity contribution >= 4 is 5.69 Å². The first-order valence-electron chi connectivity index (χ1n) is 10.8. The lowest BCUT2D eigenvalue weighted by Gasteiger charge is -2.37. The molecule has 0 aromatic heterocycles. The molecule has 0 fully saturated rings. The van der Waals surface area contributed by atoms with Crippen molar-refractivity contribution < 1.29 is 0 Å². The molecule has 2 heteroatoms. The first-order chi connectivity index (χ1) is 15.0. The van der Waals surface area contributed by atoms with E-state index in [9.17, 15) is 0 Å². The molecule has 0 bridgehead atoms. The number of hydrazine groups is 1. The van der Waals surface area contributed by atoms with Crippen LogP contribution in [0.5, 0.6) is 0 Å². The fraction of sp³-hybridized carbons (Fsp3) is 0.172. The van der Waals surface area contributed by atoms with Crippen molar-refractivity contribution in [1.82, 2.24) is 5.43 Å². The number of benzene rings is 4. The molecule has 2 N–H and O–H groups in total. The van der Waals surface area contributed by atoms with E-state index < -0.39 is 5.54 Å². The van der Waals surface area contributed by atoms with Crippen LogP contribution in [-0.2, 0) is 11.0 Å². The summed E-state index contributed by atoms with van der Waals surface area (Å²) in [5.41, 5.74) is 12.7. The predicted molar refractivity (Wildman–Crippen MR) is 131 cm³/mol. The summed E-state index contributed by atoms with van der Waals surface area (Å²) >= 11 is 0. The van der Waals surface area contributed by atoms with Crippen molar-refractivity contribution in [1.29, 1.82) is 0 Å². The van der Waals surface area contributed by atoms with Crippen molar-refractivity contribution in [2.45, 2.75) is 31.7 Å². The molecular formula is C29H30N2. The molecule has 0 saturated carbocycles. The third kappa shape index (κ3) is 4.40. The third-order valence-corrected chi connectivity index (χ3v) is 5.77. The maximum atomic E-state index is 3.71. The van der Waals surface area contributed by atoms with Gasteiger partial charge in [0.2, 0.25) is 0 Å². The Balaban J connectivity index is 1.79. The zero-order valence-electron chi connectivity index (χ0n) is 18.5. The highest BCUT2D eigenvalue weighted by Gasteiger charge is 2.36. The molecule has 0 aliphatic heterocycles. The topological polar surface area (TPSA) is 24.1 Å². The summed E-state index contributed by atoms with van der Waals surface area (Å²) in [7, 11) is 0. The lowest BCUT2D eigenvalue weighted by atomic mass is 9.77. The van der Waals surface area contributed by atoms with Crippen LogP contribution in [0.1, 0.15) is 43.0 Å². The Morgan fingerprint density at radius 3 is 1.19 bits per heavy atom. The van der Waals surface area contributed by atoms with Gasteiger partial charge in [-0.2, -0.15) is 0 Å². The quantitative estimate of drug-likeness (QED) is 0.269. The van der Waals surface area contributed by atoms with Gasteiger partial charge in [-0.05, 0) is 39.8 Å². The molecular weight excluding hydrogens is 376 g/mol. The molecule has 31 heavy (non-hydrogen) atoms. The lowest BCUT2D eigenvalue weighted by molar-refractivity contribution is 0.520. The van der Waals surface area contributed by atoms with Gasteiger partial charge in [0.15, 0.2) is 0 Å². The molecule has 2 nitrogen and oxygen atoms in total. The third-order valence-electron chi connectivity index (χ3n) is 5.77. The van der Waals surface area contributed by atoms with E-state index in [0.717, 1.165) is 5.69 Å². The van der Waals surface area contributed by atoms with Crippen LogP contribution in [0, 0.1) is 0 Å². The highest BCUT2D eigenvalue weighted by atomic mass is 15.4. The number of hydrogen-bond acceptors (Lipinski definition) is 2. The molecule has 0 radical (unpaired) electrons. The Morgan fingerprint density at radius 2 is 0.839 bits per heavy atom. The van der Waals surface area contributed by atoms with Gasteiger partial charge in [-0.3, -0.25) is 0 Å². The van der Waals surface area contributed by atoms with Crippen molar-refractivity contribution in [3.63, 3.8) is 0 Å². The average molecular weight is 407 g/mol. The van der Waals surface area contributed by atoms with E-state index in [0.29, 0.717) is 0 Å². The van der Waals surface area contributed by atoms with Gasteiger partial charge in [0.1, 0.15) is 5.54 Å². The lowest BCUT2D eigenvalue weighted by Crippen LogP contribution is -2.47. The van der Waals surface area contributed by atoms with Gasteiger partial charge in [-0.15, -0.1) is 0 Å². The van der Waals surface area contributed by atoms with Gasteiger partial charge in [-0.1, -0.05) is 124 Å². The maximum absolute atomic E-state index is 3.71. The van der Waals surface area contributed by atoms with Crippen LogP contribution in [0.3, 0.4) is 0 Å². The highest BCUT2D eigenvalue weighted by molar-refractivity contribution is 5.52. The van der Waals surface area contributed by atoms with Crippen molar-refractivity contribution in [3.8, 4) is 0 Å². The summed E-state index contributed by atoms with van der Waals surface area (Å²) in [6.07, 6.45) is 0. The zero-order valence-corrected chi connectivity index (χ0v) is 18.5. The smallest absolute Gasteiger partial charge is 0.112 e. The minimum Gasteiger partial charge on any atom is -0.320 e. The number of rotatable bonds is 6. The van der Waals surface area contributed by atoms with Gasteiger partial charge in [-0.25, -0.2) is 5.43 Å². The highest BCUT2D eigenvalue weighted by Crippen LogP contribution is 2.36. The molecule has 0 aliphatic carbocycles. The summed E-state index contributed by atoms with van der Waals surface area (Å²) in [4.78, 5) is 0. The van der Waals surface area contributed by atoms with Gasteiger partial charge in [0, 0.05) is 5.69 Å². The van der Waals surface area contributed by atoms with Crippen molar-refractivity contribution in [3.05, 3.63) is 138 Å². The number of nitrogens with one attached hydrogen (secondary N) is 2. The molecule has 0 heterocycles. The van der Waals surface area contributed by atoms with E-state index in [1.165, 1.54) is 22.3 Å². The van der Waals surface area contributed by atoms with Crippen LogP contribution in [0.15, 0.2) is 115 Å². The van der Waals surface area contributed by atoms with Gasteiger partial charge in [0.25, 0.3) is 0 Å². The fourth-order valence-electron chi connectivity index (χ4n) is 4.00. The normalized spacial score (nSPS) is 11.8. The molecule has 0 saturated heterocycles. The maximum Gasteiger partial charge on any atom is 0.112 e. The molecule has 0 unspecified atom stereocenters. The predicted octanol–water partition coefficient (Wildman–Crippen LogP) is 6.89. The van der Waals surface area contributed by atoms with Crippen LogP contribution in [0.25, 0.3) is 0 Å². The first kappa shape index (κ1) is 20.9. The molecule has 0 amide bonds. The second-order valence-corrected chi connectivity index (χ2v) is 8.93. The Kier molecular flexibility index (Phi) is 5.92. The SMILES string of the molecule is CC(C)(C)c1ccc(NNC(c2ccccc2)(c2ccccc2)c2ccccc2)cc1. The van der Waals surface area contributed by atoms with Crippen LogP contribution in [0.2, 0.25) is 0 Å². The van der Waals surface area contributed by atoms with Crippen molar-refractivity contribution in [2.75, 3.05) is 5.43 Å². The Bertz CT molecular complexity index is 984. The molecule has 4 aromatic rings. The largest absolute Gasteiger partial charge is 0.320 e. The summed E-state index contributed by atoms with van der Waals surface area (Å²) in [5, 5.41) is 0. The number of anilines is 1. The zero-order chi connectivity index (χ0) is 21.7. The van der Waals surface area contributed by atoms with Crippen LogP contribution in [-0.4, -0.2) is 0 Å². The van der Waals surface area contributed by atoms with Crippen molar-refractivity contribution in [2.24, 2.45) is 0 Å². The minimum atomic E-state index is -0.549. The standard InChI is InChI=1S/C29H30N2/c1-28(2,3)23-19-21-27(22-20-23)30-31-29(24-13-7-4-8-14-24,25-15-9-5-10-16-25)26-17-11-6-12-18-26/h4-22,30-31H,1-3H3. The molecule has 156 valence electrons. The summed E-state index contributed by atoms with van der Waals surface area (Å²) < 4.78 is 0. The second kappa shape index (κ2) is 8.79. The number of hydrogen-bond donors (Lipinski definition) is 2. The van der Waals surface area contributed by atoms with Crippen LogP contribution >= 0.6 is 0 Å². The molecule has 4 rings (SSSR count). The molecule has 0 spiro atoms. The average Bonchev–Trinajstić information content (AvgIpc) is 2.81. The molecule has 4 aromatic carbocycles. The Morgan fingerprint density at radius 1 is 0.452 bits per heavy atom. The van der Waals surface area contributed by atoms with E-state index in [2.05, 4.69) is 147 Å². The fourth-order valence-corrected chi connectivity index (χ4v) is 4.00. The first-order valence-corrected chi connectivity index (χ1v) is 10.8. The van der Waals surface area contributed by atoms with E-state index in [1.54, 1.807) is 0 Å². The summed E-state index contributed by atoms with van der Waals surface area (Å²) in [6.45, 7) is 6.71. The van der Waals surface area contributed by atoms with Gasteiger partial charge < -0.3 is 5.43 Å². The Hall–Kier alpha value is -3.36.